The van der Waals surface area contributed by atoms with Crippen LogP contribution in [-0.2, 0) is 4.74 Å². The van der Waals surface area contributed by atoms with Crippen LogP contribution in [0.25, 0.3) is 0 Å². The fourth-order valence-corrected chi connectivity index (χ4v) is 6.30. The molecule has 5 aliphatic rings. The van der Waals surface area contributed by atoms with Crippen molar-refractivity contribution in [2.24, 2.45) is 10.8 Å². The molecule has 3 aliphatic carbocycles. The molecule has 35 heavy (non-hydrogen) atoms. The minimum Gasteiger partial charge on any atom is -0.493 e. The molecule has 2 aliphatic heterocycles. The van der Waals surface area contributed by atoms with E-state index in [1.54, 1.807) is 11.0 Å². The lowest BCUT2D eigenvalue weighted by atomic mass is 9.70. The van der Waals surface area contributed by atoms with Crippen LogP contribution >= 0.6 is 0 Å². The molecule has 3 atom stereocenters. The van der Waals surface area contributed by atoms with E-state index in [1.165, 1.54) is 6.07 Å². The Hall–Kier alpha value is -1.80. The van der Waals surface area contributed by atoms with Crippen molar-refractivity contribution in [2.45, 2.75) is 101 Å². The van der Waals surface area contributed by atoms with E-state index >= 15 is 4.39 Å². The average Bonchev–Trinajstić information content (AvgIpc) is 3.76. The van der Waals surface area contributed by atoms with Crippen LogP contribution in [0, 0.1) is 16.6 Å². The summed E-state index contributed by atoms with van der Waals surface area (Å²) in [6, 6.07) is 2.96. The second kappa shape index (κ2) is 8.10. The molecule has 1 spiro atoms. The zero-order valence-electron chi connectivity index (χ0n) is 20.2. The summed E-state index contributed by atoms with van der Waals surface area (Å²) in [6.07, 6.45) is 5.60. The number of amides is 1. The number of rotatable bonds is 7. The summed E-state index contributed by atoms with van der Waals surface area (Å²) in [6.45, 7) is 3.00. The van der Waals surface area contributed by atoms with Crippen LogP contribution in [0.5, 0.6) is 5.75 Å². The zero-order valence-corrected chi connectivity index (χ0v) is 20.2. The summed E-state index contributed by atoms with van der Waals surface area (Å²) in [5, 5.41) is 9.49. The van der Waals surface area contributed by atoms with Gasteiger partial charge in [-0.3, -0.25) is 4.79 Å². The largest absolute Gasteiger partial charge is 0.493 e. The van der Waals surface area contributed by atoms with Gasteiger partial charge in [-0.05, 0) is 75.3 Å². The number of benzene rings is 1. The highest BCUT2D eigenvalue weighted by Gasteiger charge is 2.71. The van der Waals surface area contributed by atoms with E-state index in [2.05, 4.69) is 6.92 Å². The first-order chi connectivity index (χ1) is 16.6. The van der Waals surface area contributed by atoms with Crippen molar-refractivity contribution < 1.29 is 32.5 Å². The maximum absolute atomic E-state index is 15.3. The Kier molecular flexibility index (Phi) is 5.46. The topological polar surface area (TPSA) is 62.3 Å². The number of halogens is 3. The third kappa shape index (κ3) is 4.35. The quantitative estimate of drug-likeness (QED) is 0.517. The smallest absolute Gasteiger partial charge is 0.257 e. The Morgan fingerprint density at radius 1 is 1.20 bits per heavy atom. The number of epoxide rings is 1. The predicted molar refractivity (Wildman–Crippen MR) is 122 cm³/mol. The molecule has 0 radical (unpaired) electrons. The van der Waals surface area contributed by atoms with Gasteiger partial charge in [-0.2, -0.15) is 0 Å². The molecule has 1 amide bonds. The van der Waals surface area contributed by atoms with Crippen molar-refractivity contribution >= 4 is 5.91 Å². The molecule has 1 aromatic rings. The van der Waals surface area contributed by atoms with Gasteiger partial charge in [-0.1, -0.05) is 6.92 Å². The Labute approximate surface area is 204 Å². The van der Waals surface area contributed by atoms with Gasteiger partial charge in [0.2, 0.25) is 0 Å². The van der Waals surface area contributed by atoms with E-state index in [0.717, 1.165) is 31.2 Å². The Bertz CT molecular complexity index is 1020. The van der Waals surface area contributed by atoms with Crippen molar-refractivity contribution in [1.82, 2.24) is 4.90 Å². The van der Waals surface area contributed by atoms with Crippen molar-refractivity contribution in [2.75, 3.05) is 13.2 Å². The van der Waals surface area contributed by atoms with Crippen LogP contribution in [0.1, 0.15) is 93.0 Å². The van der Waals surface area contributed by atoms with Crippen LogP contribution in [-0.4, -0.2) is 53.4 Å². The number of carbonyl (C=O) groups excluding carboxylic acids is 1. The highest BCUT2D eigenvalue weighted by Crippen LogP contribution is 2.69. The zero-order chi connectivity index (χ0) is 24.6. The predicted octanol–water partition coefficient (Wildman–Crippen LogP) is 5.40. The molecule has 5 fully saturated rings. The van der Waals surface area contributed by atoms with Crippen LogP contribution in [0.2, 0.25) is 0 Å². The second-order valence-corrected chi connectivity index (χ2v) is 12.0. The van der Waals surface area contributed by atoms with Gasteiger partial charge < -0.3 is 19.5 Å². The van der Waals surface area contributed by atoms with Crippen LogP contribution in [0.15, 0.2) is 12.1 Å². The first-order valence-electron chi connectivity index (χ1n) is 13.1. The lowest BCUT2D eigenvalue weighted by Gasteiger charge is -2.37. The Morgan fingerprint density at radius 2 is 1.89 bits per heavy atom. The van der Waals surface area contributed by atoms with Gasteiger partial charge >= 0.3 is 0 Å². The number of likely N-dealkylation sites (tertiary alicyclic amines) is 1. The number of hydrogen-bond acceptors (Lipinski definition) is 4. The first-order valence-corrected chi connectivity index (χ1v) is 13.1. The maximum Gasteiger partial charge on any atom is 0.257 e. The molecule has 1 N–H and O–H groups in total. The molecule has 2 saturated heterocycles. The molecule has 1 aromatic carbocycles. The number of hydrogen-bond donors (Lipinski definition) is 1. The molecule has 0 aromatic heterocycles. The Balaban J connectivity index is 1.15. The number of alkyl halides is 2. The summed E-state index contributed by atoms with van der Waals surface area (Å²) < 4.78 is 54.1. The second-order valence-electron chi connectivity index (χ2n) is 12.0. The standard InChI is InChI=1S/C27H34F3NO4/c1-25(6-8-26(9-7-25)14-27(26,29)30)15-34-21-13-20(28)19(12-18(21)16-4-5-16)23(32)31-10-2-3-17(31)11-22-24(33)35-22/h12-13,16-17,22,24,33H,2-11,14-15H2,1H3/t17-,22?,24?,25?,26?/m0/s1. The van der Waals surface area contributed by atoms with E-state index in [1.807, 2.05) is 0 Å². The average molecular weight is 494 g/mol. The molecule has 0 bridgehead atoms. The summed E-state index contributed by atoms with van der Waals surface area (Å²) in [4.78, 5) is 15.0. The molecule has 2 unspecified atom stereocenters. The van der Waals surface area contributed by atoms with Gasteiger partial charge in [0.1, 0.15) is 17.7 Å². The number of aliphatic hydroxyl groups is 1. The van der Waals surface area contributed by atoms with E-state index < -0.39 is 23.4 Å². The van der Waals surface area contributed by atoms with E-state index in [0.29, 0.717) is 51.0 Å². The van der Waals surface area contributed by atoms with Crippen LogP contribution < -0.4 is 4.74 Å². The highest BCUT2D eigenvalue weighted by molar-refractivity contribution is 5.95. The van der Waals surface area contributed by atoms with Crippen molar-refractivity contribution in [3.63, 3.8) is 0 Å². The van der Waals surface area contributed by atoms with Gasteiger partial charge in [-0.15, -0.1) is 0 Å². The third-order valence-corrected chi connectivity index (χ3v) is 9.25. The van der Waals surface area contributed by atoms with Crippen LogP contribution in [0.4, 0.5) is 13.2 Å². The maximum atomic E-state index is 15.3. The molecule has 5 nitrogen and oxygen atoms in total. The normalized spacial score (nSPS) is 37.5. The van der Waals surface area contributed by atoms with E-state index in [9.17, 15) is 18.7 Å². The van der Waals surface area contributed by atoms with Gasteiger partial charge in [0.15, 0.2) is 6.29 Å². The molecule has 3 saturated carbocycles. The van der Waals surface area contributed by atoms with E-state index in [4.69, 9.17) is 9.47 Å². The minimum atomic E-state index is -2.51. The van der Waals surface area contributed by atoms with E-state index in [-0.39, 0.29) is 41.4 Å². The fraction of sp³-hybridized carbons (Fsp3) is 0.741. The number of nitrogens with zero attached hydrogens (tertiary/aromatic N) is 1. The molecule has 8 heteroatoms. The van der Waals surface area contributed by atoms with Gasteiger partial charge in [-0.25, -0.2) is 13.2 Å². The molecular formula is C27H34F3NO4. The summed E-state index contributed by atoms with van der Waals surface area (Å²) in [5.74, 6) is -2.68. The van der Waals surface area contributed by atoms with Crippen molar-refractivity contribution in [3.8, 4) is 5.75 Å². The number of ether oxygens (including phenoxy) is 2. The molecule has 192 valence electrons. The monoisotopic (exact) mass is 493 g/mol. The highest BCUT2D eigenvalue weighted by atomic mass is 19.3. The lowest BCUT2D eigenvalue weighted by Crippen LogP contribution is -2.37. The Morgan fingerprint density at radius 3 is 2.49 bits per heavy atom. The van der Waals surface area contributed by atoms with Crippen LogP contribution in [0.3, 0.4) is 0 Å². The number of aliphatic hydroxyl groups excluding tert-OH is 1. The first kappa shape index (κ1) is 23.6. The van der Waals surface area contributed by atoms with Gasteiger partial charge in [0.05, 0.1) is 12.2 Å². The molecule has 2 heterocycles. The van der Waals surface area contributed by atoms with Gasteiger partial charge in [0, 0.05) is 35.9 Å². The SMILES string of the molecule is CC1(COc2cc(F)c(C(=O)N3CCC[C@H]3CC3OC3O)cc2C2CC2)CCC2(CC1)CC2(F)F. The summed E-state index contributed by atoms with van der Waals surface area (Å²) >= 11 is 0. The molecule has 6 rings (SSSR count). The molecular weight excluding hydrogens is 459 g/mol. The summed E-state index contributed by atoms with van der Waals surface area (Å²) in [7, 11) is 0. The number of carbonyl (C=O) groups is 1. The third-order valence-electron chi connectivity index (χ3n) is 9.25. The summed E-state index contributed by atoms with van der Waals surface area (Å²) in [5.41, 5.74) is -0.0634. The van der Waals surface area contributed by atoms with Crippen molar-refractivity contribution in [1.29, 1.82) is 0 Å². The van der Waals surface area contributed by atoms with Gasteiger partial charge in [0.25, 0.3) is 11.8 Å². The van der Waals surface area contributed by atoms with Crippen molar-refractivity contribution in [3.05, 3.63) is 29.1 Å². The fourth-order valence-electron chi connectivity index (χ4n) is 6.30. The lowest BCUT2D eigenvalue weighted by molar-refractivity contribution is 0.0129. The minimum absolute atomic E-state index is 0.00953.